The number of hydrogen-bond acceptors (Lipinski definition) is 9. The molecule has 2 aliphatic heterocycles. The quantitative estimate of drug-likeness (QED) is 0.534. The fourth-order valence-electron chi connectivity index (χ4n) is 2.53. The number of rotatable bonds is 3. The molecule has 1 aromatic heterocycles. The van der Waals surface area contributed by atoms with Gasteiger partial charge >= 0.3 is 0 Å². The summed E-state index contributed by atoms with van der Waals surface area (Å²) >= 11 is 0. The predicted octanol–water partition coefficient (Wildman–Crippen LogP) is -1.01. The minimum atomic E-state index is -2.93. The van der Waals surface area contributed by atoms with E-state index in [4.69, 9.17) is 5.84 Å². The summed E-state index contributed by atoms with van der Waals surface area (Å²) in [5.41, 5.74) is 2.45. The van der Waals surface area contributed by atoms with Crippen LogP contribution in [-0.4, -0.2) is 61.1 Å². The number of hydrazine groups is 1. The molecule has 0 bridgehead atoms. The number of nitrogens with one attached hydrogen (secondary N) is 1. The minimum absolute atomic E-state index is 0.128. The van der Waals surface area contributed by atoms with Gasteiger partial charge in [-0.1, -0.05) is 0 Å². The normalized spacial score (nSPS) is 21.6. The monoisotopic (exact) mass is 313 g/mol. The van der Waals surface area contributed by atoms with Gasteiger partial charge in [-0.3, -0.25) is 5.43 Å². The first-order valence-corrected chi connectivity index (χ1v) is 8.82. The lowest BCUT2D eigenvalue weighted by Crippen LogP contribution is -2.41. The predicted molar refractivity (Wildman–Crippen MR) is 80.0 cm³/mol. The molecule has 0 amide bonds. The average Bonchev–Trinajstić information content (AvgIpc) is 3.01. The van der Waals surface area contributed by atoms with Gasteiger partial charge in [0.05, 0.1) is 11.5 Å². The largest absolute Gasteiger partial charge is 0.341 e. The number of nitrogens with two attached hydrogens (primary N) is 1. The molecule has 10 heteroatoms. The molecule has 2 saturated heterocycles. The van der Waals surface area contributed by atoms with Crippen LogP contribution in [-0.2, 0) is 9.84 Å². The van der Waals surface area contributed by atoms with Crippen LogP contribution in [0.25, 0.3) is 0 Å². The highest BCUT2D eigenvalue weighted by atomic mass is 32.2. The van der Waals surface area contributed by atoms with E-state index in [2.05, 4.69) is 25.3 Å². The number of aromatic nitrogens is 3. The zero-order valence-electron chi connectivity index (χ0n) is 11.7. The van der Waals surface area contributed by atoms with E-state index in [1.54, 1.807) is 0 Å². The van der Waals surface area contributed by atoms with Crippen molar-refractivity contribution in [3.63, 3.8) is 0 Å². The van der Waals surface area contributed by atoms with E-state index in [9.17, 15) is 8.42 Å². The van der Waals surface area contributed by atoms with Crippen LogP contribution in [0, 0.1) is 0 Å². The molecule has 0 unspecified atom stereocenters. The summed E-state index contributed by atoms with van der Waals surface area (Å²) in [5.74, 6) is 7.06. The second kappa shape index (κ2) is 5.60. The molecule has 3 rings (SSSR count). The first kappa shape index (κ1) is 14.3. The molecule has 21 heavy (non-hydrogen) atoms. The Morgan fingerprint density at radius 2 is 1.43 bits per heavy atom. The molecule has 0 spiro atoms. The molecule has 0 atom stereocenters. The Bertz CT molecular complexity index is 601. The molecule has 3 N–H and O–H groups in total. The lowest BCUT2D eigenvalue weighted by atomic mass is 10.4. The van der Waals surface area contributed by atoms with Gasteiger partial charge in [-0.2, -0.15) is 15.0 Å². The smallest absolute Gasteiger partial charge is 0.243 e. The van der Waals surface area contributed by atoms with Gasteiger partial charge in [0.25, 0.3) is 0 Å². The zero-order valence-corrected chi connectivity index (χ0v) is 12.5. The van der Waals surface area contributed by atoms with E-state index >= 15 is 0 Å². The van der Waals surface area contributed by atoms with Gasteiger partial charge in [-0.05, 0) is 12.8 Å². The molecular weight excluding hydrogens is 294 g/mol. The summed E-state index contributed by atoms with van der Waals surface area (Å²) in [5, 5.41) is 0. The fraction of sp³-hybridized carbons (Fsp3) is 0.727. The van der Waals surface area contributed by atoms with Crippen molar-refractivity contribution in [2.75, 3.05) is 52.9 Å². The second-order valence-corrected chi connectivity index (χ2v) is 7.54. The Morgan fingerprint density at radius 3 is 1.95 bits per heavy atom. The molecule has 0 radical (unpaired) electrons. The molecule has 3 heterocycles. The van der Waals surface area contributed by atoms with Crippen LogP contribution in [0.5, 0.6) is 0 Å². The van der Waals surface area contributed by atoms with Gasteiger partial charge in [0, 0.05) is 26.2 Å². The summed E-state index contributed by atoms with van der Waals surface area (Å²) in [4.78, 5) is 16.9. The highest BCUT2D eigenvalue weighted by Gasteiger charge is 2.25. The van der Waals surface area contributed by atoms with Crippen molar-refractivity contribution in [3.05, 3.63) is 0 Å². The lowest BCUT2D eigenvalue weighted by Gasteiger charge is -2.27. The molecule has 116 valence electrons. The number of sulfone groups is 1. The Hall–Kier alpha value is -1.68. The summed E-state index contributed by atoms with van der Waals surface area (Å²) in [6, 6.07) is 0. The summed E-state index contributed by atoms with van der Waals surface area (Å²) < 4.78 is 23.0. The van der Waals surface area contributed by atoms with Crippen LogP contribution in [0.3, 0.4) is 0 Å². The molecular formula is C11H19N7O2S. The number of nitrogen functional groups attached to an aromatic ring is 1. The lowest BCUT2D eigenvalue weighted by molar-refractivity contribution is 0.585. The summed E-state index contributed by atoms with van der Waals surface area (Å²) in [6.07, 6.45) is 2.24. The number of hydrogen-bond donors (Lipinski definition) is 2. The molecule has 2 fully saturated rings. The fourth-order valence-corrected chi connectivity index (χ4v) is 3.73. The van der Waals surface area contributed by atoms with E-state index < -0.39 is 9.84 Å². The van der Waals surface area contributed by atoms with E-state index in [1.165, 1.54) is 0 Å². The molecule has 0 saturated carbocycles. The van der Waals surface area contributed by atoms with Crippen LogP contribution < -0.4 is 21.1 Å². The van der Waals surface area contributed by atoms with Crippen LogP contribution in [0.15, 0.2) is 0 Å². The summed E-state index contributed by atoms with van der Waals surface area (Å²) in [7, 11) is -2.93. The maximum absolute atomic E-state index is 11.5. The van der Waals surface area contributed by atoms with Gasteiger partial charge in [0.15, 0.2) is 9.84 Å². The Kier molecular flexibility index (Phi) is 3.81. The Morgan fingerprint density at radius 1 is 0.905 bits per heavy atom. The van der Waals surface area contributed by atoms with Gasteiger partial charge < -0.3 is 9.80 Å². The average molecular weight is 313 g/mol. The molecule has 9 nitrogen and oxygen atoms in total. The van der Waals surface area contributed by atoms with Crippen molar-refractivity contribution >= 4 is 27.7 Å². The third kappa shape index (κ3) is 3.16. The second-order valence-electron chi connectivity index (χ2n) is 5.24. The number of nitrogens with zero attached hydrogens (tertiary/aromatic N) is 5. The van der Waals surface area contributed by atoms with Crippen LogP contribution in [0.2, 0.25) is 0 Å². The third-order valence-corrected chi connectivity index (χ3v) is 5.37. The minimum Gasteiger partial charge on any atom is -0.341 e. The highest BCUT2D eigenvalue weighted by Crippen LogP contribution is 2.21. The highest BCUT2D eigenvalue weighted by molar-refractivity contribution is 7.91. The number of anilines is 3. The van der Waals surface area contributed by atoms with Crippen molar-refractivity contribution in [2.24, 2.45) is 5.84 Å². The van der Waals surface area contributed by atoms with Gasteiger partial charge in [-0.15, -0.1) is 0 Å². The van der Waals surface area contributed by atoms with E-state index in [-0.39, 0.29) is 11.5 Å². The van der Waals surface area contributed by atoms with Crippen molar-refractivity contribution in [3.8, 4) is 0 Å². The van der Waals surface area contributed by atoms with E-state index in [0.717, 1.165) is 25.9 Å². The first-order valence-electron chi connectivity index (χ1n) is 7.00. The molecule has 0 aliphatic carbocycles. The summed E-state index contributed by atoms with van der Waals surface area (Å²) in [6.45, 7) is 2.63. The molecule has 1 aromatic rings. The van der Waals surface area contributed by atoms with Crippen LogP contribution >= 0.6 is 0 Å². The van der Waals surface area contributed by atoms with Gasteiger partial charge in [0.1, 0.15) is 0 Å². The van der Waals surface area contributed by atoms with Crippen molar-refractivity contribution < 1.29 is 8.42 Å². The van der Waals surface area contributed by atoms with Crippen molar-refractivity contribution in [2.45, 2.75) is 12.8 Å². The molecule has 2 aliphatic rings. The third-order valence-electron chi connectivity index (χ3n) is 3.76. The van der Waals surface area contributed by atoms with Gasteiger partial charge in [0.2, 0.25) is 17.8 Å². The van der Waals surface area contributed by atoms with Crippen LogP contribution in [0.4, 0.5) is 17.8 Å². The topological polar surface area (TPSA) is 117 Å². The zero-order chi connectivity index (χ0) is 14.9. The standard InChI is InChI=1S/C11H19N7O2S/c12-16-9-13-10(17-3-1-2-4-17)15-11(14-9)18-5-7-21(19,20)8-6-18/h1-8,12H2,(H,13,14,15,16). The van der Waals surface area contributed by atoms with Crippen LogP contribution in [0.1, 0.15) is 12.8 Å². The maximum atomic E-state index is 11.5. The van der Waals surface area contributed by atoms with E-state index in [0.29, 0.717) is 30.9 Å². The van der Waals surface area contributed by atoms with E-state index in [1.807, 2.05) is 4.90 Å². The first-order chi connectivity index (χ1) is 10.1. The maximum Gasteiger partial charge on any atom is 0.243 e. The Labute approximate surface area is 123 Å². The SMILES string of the molecule is NNc1nc(N2CCCC2)nc(N2CCS(=O)(=O)CC2)n1. The van der Waals surface area contributed by atoms with Gasteiger partial charge in [-0.25, -0.2) is 14.3 Å². The Balaban J connectivity index is 1.85. The molecule has 0 aromatic carbocycles. The van der Waals surface area contributed by atoms with Crippen molar-refractivity contribution in [1.82, 2.24) is 15.0 Å². The van der Waals surface area contributed by atoms with Crippen molar-refractivity contribution in [1.29, 1.82) is 0 Å².